The first-order valence-electron chi connectivity index (χ1n) is 6.35. The zero-order valence-electron chi connectivity index (χ0n) is 11.4. The van der Waals surface area contributed by atoms with Crippen LogP contribution in [0.4, 0.5) is 22.0 Å². The summed E-state index contributed by atoms with van der Waals surface area (Å²) in [6.07, 6.45) is -5.72. The van der Waals surface area contributed by atoms with E-state index in [0.717, 1.165) is 11.8 Å². The van der Waals surface area contributed by atoms with Crippen LogP contribution in [0.3, 0.4) is 0 Å². The SMILES string of the molecule is N[C@H](c1ccccc1Sc1ccc(Cl)cc1)C(F)(F)C(F)(F)F. The van der Waals surface area contributed by atoms with Gasteiger partial charge in [0.05, 0.1) is 0 Å². The number of benzene rings is 2. The van der Waals surface area contributed by atoms with E-state index in [1.165, 1.54) is 18.2 Å². The van der Waals surface area contributed by atoms with Gasteiger partial charge in [-0.2, -0.15) is 22.0 Å². The first kappa shape index (κ1) is 18.0. The van der Waals surface area contributed by atoms with Crippen LogP contribution in [0.15, 0.2) is 58.3 Å². The second kappa shape index (κ2) is 6.67. The van der Waals surface area contributed by atoms with Crippen molar-refractivity contribution in [2.75, 3.05) is 0 Å². The molecule has 2 rings (SSSR count). The molecule has 0 aliphatic carbocycles. The lowest BCUT2D eigenvalue weighted by atomic mass is 10.0. The number of nitrogens with two attached hydrogens (primary N) is 1. The Balaban J connectivity index is 2.35. The number of hydrogen-bond acceptors (Lipinski definition) is 2. The van der Waals surface area contributed by atoms with Gasteiger partial charge in [-0.05, 0) is 35.9 Å². The predicted molar refractivity (Wildman–Crippen MR) is 79.9 cm³/mol. The molecule has 1 nitrogen and oxygen atoms in total. The van der Waals surface area contributed by atoms with Gasteiger partial charge in [0.2, 0.25) is 0 Å². The van der Waals surface area contributed by atoms with Crippen molar-refractivity contribution >= 4 is 23.4 Å². The van der Waals surface area contributed by atoms with Crippen LogP contribution in [0.25, 0.3) is 0 Å². The van der Waals surface area contributed by atoms with Gasteiger partial charge in [-0.1, -0.05) is 41.6 Å². The summed E-state index contributed by atoms with van der Waals surface area (Å²) >= 11 is 6.79. The molecule has 1 atom stereocenters. The van der Waals surface area contributed by atoms with E-state index >= 15 is 0 Å². The average molecular weight is 368 g/mol. The number of rotatable bonds is 4. The van der Waals surface area contributed by atoms with Crippen molar-refractivity contribution in [2.45, 2.75) is 27.9 Å². The van der Waals surface area contributed by atoms with Gasteiger partial charge >= 0.3 is 12.1 Å². The summed E-state index contributed by atoms with van der Waals surface area (Å²) in [7, 11) is 0. The van der Waals surface area contributed by atoms with Crippen LogP contribution in [-0.4, -0.2) is 12.1 Å². The maximum absolute atomic E-state index is 13.5. The zero-order valence-corrected chi connectivity index (χ0v) is 13.0. The Hall–Kier alpha value is -1.31. The second-order valence-corrected chi connectivity index (χ2v) is 6.24. The lowest BCUT2D eigenvalue weighted by Crippen LogP contribution is -2.46. The molecule has 0 aliphatic rings. The van der Waals surface area contributed by atoms with E-state index in [0.29, 0.717) is 9.92 Å². The Morgan fingerprint density at radius 3 is 2.04 bits per heavy atom. The first-order valence-corrected chi connectivity index (χ1v) is 7.55. The average Bonchev–Trinajstić information content (AvgIpc) is 2.48. The van der Waals surface area contributed by atoms with E-state index in [1.54, 1.807) is 30.3 Å². The molecule has 23 heavy (non-hydrogen) atoms. The molecule has 0 bridgehead atoms. The normalized spacial score (nSPS) is 13.9. The third-order valence-electron chi connectivity index (χ3n) is 3.06. The molecule has 0 saturated heterocycles. The molecule has 0 unspecified atom stereocenters. The van der Waals surface area contributed by atoms with Crippen molar-refractivity contribution < 1.29 is 22.0 Å². The Morgan fingerprint density at radius 2 is 1.48 bits per heavy atom. The third-order valence-corrected chi connectivity index (χ3v) is 4.42. The van der Waals surface area contributed by atoms with Gasteiger partial charge in [-0.25, -0.2) is 0 Å². The van der Waals surface area contributed by atoms with Crippen molar-refractivity contribution in [1.29, 1.82) is 0 Å². The number of hydrogen-bond donors (Lipinski definition) is 1. The molecule has 0 aromatic heterocycles. The third kappa shape index (κ3) is 3.97. The van der Waals surface area contributed by atoms with Crippen LogP contribution in [0.2, 0.25) is 5.02 Å². The van der Waals surface area contributed by atoms with E-state index in [2.05, 4.69) is 0 Å². The Labute approximate surface area is 138 Å². The van der Waals surface area contributed by atoms with E-state index in [4.69, 9.17) is 17.3 Å². The fourth-order valence-electron chi connectivity index (χ4n) is 1.83. The minimum atomic E-state index is -5.72. The maximum atomic E-state index is 13.5. The summed E-state index contributed by atoms with van der Waals surface area (Å²) in [5.41, 5.74) is 4.96. The zero-order chi connectivity index (χ0) is 17.3. The molecule has 0 radical (unpaired) electrons. The van der Waals surface area contributed by atoms with Crippen LogP contribution < -0.4 is 5.73 Å². The lowest BCUT2D eigenvalue weighted by molar-refractivity contribution is -0.291. The molecule has 2 aromatic carbocycles. The van der Waals surface area contributed by atoms with E-state index < -0.39 is 18.1 Å². The molecule has 0 spiro atoms. The lowest BCUT2D eigenvalue weighted by Gasteiger charge is -2.27. The Kier molecular flexibility index (Phi) is 5.23. The Morgan fingerprint density at radius 1 is 0.913 bits per heavy atom. The molecule has 0 heterocycles. The van der Waals surface area contributed by atoms with E-state index in [-0.39, 0.29) is 10.5 Å². The summed E-state index contributed by atoms with van der Waals surface area (Å²) in [6.45, 7) is 0. The van der Waals surface area contributed by atoms with Crippen molar-refractivity contribution in [3.05, 3.63) is 59.1 Å². The van der Waals surface area contributed by atoms with Gasteiger partial charge in [0.15, 0.2) is 0 Å². The fraction of sp³-hybridized carbons (Fsp3) is 0.200. The minimum absolute atomic E-state index is 0.228. The molecule has 124 valence electrons. The molecule has 0 aliphatic heterocycles. The monoisotopic (exact) mass is 367 g/mol. The van der Waals surface area contributed by atoms with Crippen LogP contribution in [0.1, 0.15) is 11.6 Å². The maximum Gasteiger partial charge on any atom is 0.455 e. The quantitative estimate of drug-likeness (QED) is 0.703. The smallest absolute Gasteiger partial charge is 0.319 e. The standard InChI is InChI=1S/C15H11ClF5NS/c16-9-5-7-10(8-6-9)23-12-4-2-1-3-11(12)13(22)14(17,18)15(19,20)21/h1-8,13H,22H2/t13-/m1/s1. The molecule has 2 aromatic rings. The highest BCUT2D eigenvalue weighted by Gasteiger charge is 2.62. The largest absolute Gasteiger partial charge is 0.455 e. The molecule has 2 N–H and O–H groups in total. The highest BCUT2D eigenvalue weighted by molar-refractivity contribution is 7.99. The summed E-state index contributed by atoms with van der Waals surface area (Å²) in [4.78, 5) is 0.871. The summed E-state index contributed by atoms with van der Waals surface area (Å²) in [5, 5.41) is 0.489. The summed E-state index contributed by atoms with van der Waals surface area (Å²) in [6, 6.07) is 9.50. The topological polar surface area (TPSA) is 26.0 Å². The number of halogens is 6. The second-order valence-electron chi connectivity index (χ2n) is 4.69. The summed E-state index contributed by atoms with van der Waals surface area (Å²) in [5.74, 6) is -5.02. The minimum Gasteiger partial charge on any atom is -0.319 e. The van der Waals surface area contributed by atoms with Crippen molar-refractivity contribution in [1.82, 2.24) is 0 Å². The van der Waals surface area contributed by atoms with Crippen LogP contribution in [0.5, 0.6) is 0 Å². The molecule has 0 amide bonds. The van der Waals surface area contributed by atoms with Gasteiger partial charge in [0.25, 0.3) is 0 Å². The van der Waals surface area contributed by atoms with Crippen LogP contribution >= 0.6 is 23.4 Å². The van der Waals surface area contributed by atoms with Gasteiger partial charge in [0.1, 0.15) is 6.04 Å². The van der Waals surface area contributed by atoms with Crippen LogP contribution in [0, 0.1) is 0 Å². The van der Waals surface area contributed by atoms with E-state index in [9.17, 15) is 22.0 Å². The van der Waals surface area contributed by atoms with Crippen molar-refractivity contribution in [3.8, 4) is 0 Å². The summed E-state index contributed by atoms with van der Waals surface area (Å²) < 4.78 is 64.6. The molecule has 0 fully saturated rings. The molecular formula is C15H11ClF5NS. The van der Waals surface area contributed by atoms with Crippen LogP contribution in [-0.2, 0) is 0 Å². The van der Waals surface area contributed by atoms with Crippen molar-refractivity contribution in [2.24, 2.45) is 5.73 Å². The predicted octanol–water partition coefficient (Wildman–Crippen LogP) is 5.69. The van der Waals surface area contributed by atoms with Gasteiger partial charge in [-0.3, -0.25) is 0 Å². The first-order chi connectivity index (χ1) is 10.6. The van der Waals surface area contributed by atoms with Gasteiger partial charge < -0.3 is 5.73 Å². The molecule has 8 heteroatoms. The molecule has 0 saturated carbocycles. The Bertz CT molecular complexity index is 672. The molecular weight excluding hydrogens is 357 g/mol. The number of alkyl halides is 5. The van der Waals surface area contributed by atoms with Gasteiger partial charge in [-0.15, -0.1) is 0 Å². The highest BCUT2D eigenvalue weighted by atomic mass is 35.5. The fourth-order valence-corrected chi connectivity index (χ4v) is 2.94. The van der Waals surface area contributed by atoms with Gasteiger partial charge in [0, 0.05) is 14.8 Å². The van der Waals surface area contributed by atoms with Crippen molar-refractivity contribution in [3.63, 3.8) is 0 Å². The highest BCUT2D eigenvalue weighted by Crippen LogP contribution is 2.45. The van der Waals surface area contributed by atoms with E-state index in [1.807, 2.05) is 0 Å².